The van der Waals surface area contributed by atoms with Crippen LogP contribution in [-0.4, -0.2) is 81.1 Å². The Bertz CT molecular complexity index is 781. The first-order chi connectivity index (χ1) is 13.7. The quantitative estimate of drug-likeness (QED) is 0.816. The van der Waals surface area contributed by atoms with Crippen LogP contribution in [0.4, 0.5) is 5.95 Å². The predicted molar refractivity (Wildman–Crippen MR) is 103 cm³/mol. The van der Waals surface area contributed by atoms with Crippen LogP contribution in [0.15, 0.2) is 31.0 Å². The van der Waals surface area contributed by atoms with Gasteiger partial charge >= 0.3 is 0 Å². The largest absolute Gasteiger partial charge is 0.379 e. The number of hydrogen-bond donors (Lipinski definition) is 1. The molecule has 28 heavy (non-hydrogen) atoms. The Morgan fingerprint density at radius 1 is 1.14 bits per heavy atom. The van der Waals surface area contributed by atoms with E-state index in [-0.39, 0.29) is 11.9 Å². The molecule has 2 aliphatic rings. The number of amides is 1. The molecule has 4 rings (SSSR count). The molecular weight excluding hydrogens is 358 g/mol. The average molecular weight is 383 g/mol. The molecule has 2 aliphatic heterocycles. The molecule has 9 nitrogen and oxygen atoms in total. The van der Waals surface area contributed by atoms with Crippen molar-refractivity contribution >= 4 is 11.9 Å². The number of likely N-dealkylation sites (tertiary alicyclic amines) is 1. The van der Waals surface area contributed by atoms with Crippen molar-refractivity contribution < 1.29 is 9.53 Å². The molecular formula is C19H25N7O2. The summed E-state index contributed by atoms with van der Waals surface area (Å²) >= 11 is 0. The summed E-state index contributed by atoms with van der Waals surface area (Å²) in [4.78, 5) is 34.0. The first-order valence-electron chi connectivity index (χ1n) is 9.66. The van der Waals surface area contributed by atoms with Gasteiger partial charge in [-0.1, -0.05) is 0 Å². The Kier molecular flexibility index (Phi) is 5.73. The lowest BCUT2D eigenvalue weighted by molar-refractivity contribution is 0.0185. The fourth-order valence-corrected chi connectivity index (χ4v) is 3.66. The number of ether oxygens (including phenoxy) is 1. The maximum Gasteiger partial charge on any atom is 0.257 e. The molecule has 148 valence electrons. The van der Waals surface area contributed by atoms with Crippen molar-refractivity contribution in [2.24, 2.45) is 0 Å². The number of morpholine rings is 1. The highest BCUT2D eigenvalue weighted by Gasteiger charge is 2.31. The van der Waals surface area contributed by atoms with Crippen LogP contribution in [-0.2, 0) is 4.74 Å². The van der Waals surface area contributed by atoms with Crippen LogP contribution in [0, 0.1) is 0 Å². The van der Waals surface area contributed by atoms with Crippen molar-refractivity contribution in [3.8, 4) is 0 Å². The minimum atomic E-state index is -0.0804. The lowest BCUT2D eigenvalue weighted by atomic mass is 10.2. The van der Waals surface area contributed by atoms with E-state index in [1.165, 1.54) is 0 Å². The van der Waals surface area contributed by atoms with E-state index >= 15 is 0 Å². The number of carbonyl (C=O) groups is 1. The van der Waals surface area contributed by atoms with Crippen molar-refractivity contribution in [2.45, 2.75) is 25.4 Å². The third-order valence-electron chi connectivity index (χ3n) is 5.28. The average Bonchev–Trinajstić information content (AvgIpc) is 3.25. The number of carbonyl (C=O) groups excluding carboxylic acids is 1. The van der Waals surface area contributed by atoms with Crippen molar-refractivity contribution in [3.63, 3.8) is 0 Å². The van der Waals surface area contributed by atoms with Crippen molar-refractivity contribution in [2.75, 3.05) is 44.7 Å². The molecule has 2 atom stereocenters. The smallest absolute Gasteiger partial charge is 0.257 e. The molecule has 0 aromatic carbocycles. The Morgan fingerprint density at radius 2 is 1.93 bits per heavy atom. The third kappa shape index (κ3) is 4.26. The summed E-state index contributed by atoms with van der Waals surface area (Å²) in [6, 6.07) is 0.339. The highest BCUT2D eigenvalue weighted by molar-refractivity contribution is 5.93. The molecule has 0 saturated carbocycles. The molecule has 2 aromatic rings. The molecule has 2 saturated heterocycles. The Balaban J connectivity index is 1.34. The highest BCUT2D eigenvalue weighted by Crippen LogP contribution is 2.19. The fraction of sp³-hybridized carbons (Fsp3) is 0.526. The minimum Gasteiger partial charge on any atom is -0.379 e. The van der Waals surface area contributed by atoms with Crippen LogP contribution in [0.1, 0.15) is 35.4 Å². The Morgan fingerprint density at radius 3 is 2.64 bits per heavy atom. The lowest BCUT2D eigenvalue weighted by Crippen LogP contribution is -2.45. The van der Waals surface area contributed by atoms with E-state index in [1.807, 2.05) is 11.8 Å². The maximum absolute atomic E-state index is 12.8. The van der Waals surface area contributed by atoms with Gasteiger partial charge in [0.1, 0.15) is 0 Å². The molecule has 2 fully saturated rings. The second-order valence-electron chi connectivity index (χ2n) is 7.13. The van der Waals surface area contributed by atoms with Gasteiger partial charge in [-0.15, -0.1) is 0 Å². The van der Waals surface area contributed by atoms with Gasteiger partial charge in [0, 0.05) is 57.0 Å². The third-order valence-corrected chi connectivity index (χ3v) is 5.28. The fourth-order valence-electron chi connectivity index (χ4n) is 3.66. The number of aromatic nitrogens is 4. The van der Waals surface area contributed by atoms with Crippen LogP contribution in [0.3, 0.4) is 0 Å². The first kappa shape index (κ1) is 18.7. The van der Waals surface area contributed by atoms with Gasteiger partial charge in [0.15, 0.2) is 0 Å². The molecule has 0 radical (unpaired) electrons. The number of nitrogens with one attached hydrogen (secondary N) is 1. The highest BCUT2D eigenvalue weighted by atomic mass is 16.5. The Hall–Kier alpha value is -2.65. The van der Waals surface area contributed by atoms with Gasteiger partial charge in [0.05, 0.1) is 36.7 Å². The van der Waals surface area contributed by atoms with Crippen molar-refractivity contribution in [1.82, 2.24) is 29.7 Å². The zero-order chi connectivity index (χ0) is 19.3. The lowest BCUT2D eigenvalue weighted by Gasteiger charge is -2.32. The van der Waals surface area contributed by atoms with Gasteiger partial charge in [-0.2, -0.15) is 0 Å². The van der Waals surface area contributed by atoms with Crippen LogP contribution in [0.5, 0.6) is 0 Å². The van der Waals surface area contributed by atoms with E-state index in [0.717, 1.165) is 51.5 Å². The summed E-state index contributed by atoms with van der Waals surface area (Å²) in [7, 11) is 0. The summed E-state index contributed by atoms with van der Waals surface area (Å²) in [6.45, 7) is 6.93. The molecule has 9 heteroatoms. The van der Waals surface area contributed by atoms with Crippen molar-refractivity contribution in [1.29, 1.82) is 0 Å². The van der Waals surface area contributed by atoms with Crippen LogP contribution < -0.4 is 5.32 Å². The van der Waals surface area contributed by atoms with E-state index < -0.39 is 0 Å². The number of hydrogen-bond acceptors (Lipinski definition) is 8. The summed E-state index contributed by atoms with van der Waals surface area (Å²) in [5.41, 5.74) is 1.32. The minimum absolute atomic E-state index is 0.00992. The molecule has 4 heterocycles. The van der Waals surface area contributed by atoms with Gasteiger partial charge in [-0.25, -0.2) is 9.97 Å². The zero-order valence-electron chi connectivity index (χ0n) is 16.0. The molecule has 0 unspecified atom stereocenters. The summed E-state index contributed by atoms with van der Waals surface area (Å²) in [5.74, 6) is 0.451. The summed E-state index contributed by atoms with van der Waals surface area (Å²) in [6.07, 6.45) is 9.16. The van der Waals surface area contributed by atoms with Gasteiger partial charge in [0.2, 0.25) is 5.95 Å². The molecule has 0 aliphatic carbocycles. The van der Waals surface area contributed by atoms with Crippen molar-refractivity contribution in [3.05, 3.63) is 42.2 Å². The summed E-state index contributed by atoms with van der Waals surface area (Å²) < 4.78 is 5.42. The van der Waals surface area contributed by atoms with Gasteiger partial charge < -0.3 is 15.0 Å². The van der Waals surface area contributed by atoms with Crippen LogP contribution >= 0.6 is 0 Å². The first-order valence-corrected chi connectivity index (χ1v) is 9.66. The topological polar surface area (TPSA) is 96.4 Å². The van der Waals surface area contributed by atoms with Crippen LogP contribution in [0.2, 0.25) is 0 Å². The second-order valence-corrected chi connectivity index (χ2v) is 7.13. The number of rotatable bonds is 5. The molecule has 1 N–H and O–H groups in total. The van der Waals surface area contributed by atoms with E-state index in [4.69, 9.17) is 4.74 Å². The number of anilines is 1. The second kappa shape index (κ2) is 8.57. The van der Waals surface area contributed by atoms with E-state index in [2.05, 4.69) is 30.2 Å². The maximum atomic E-state index is 12.8. The van der Waals surface area contributed by atoms with Gasteiger partial charge in [-0.3, -0.25) is 19.7 Å². The Labute approximate surface area is 164 Å². The zero-order valence-corrected chi connectivity index (χ0v) is 16.0. The molecule has 2 aromatic heterocycles. The normalized spacial score (nSPS) is 21.5. The molecule has 0 spiro atoms. The molecule has 1 amide bonds. The van der Waals surface area contributed by atoms with Gasteiger partial charge in [-0.05, 0) is 13.3 Å². The standard InChI is InChI=1S/C19H25N7O2/c1-14(17-12-20-3-4-21-17)24-19-22-10-15(11-23-19)18(27)26-5-2-16(13-26)25-6-8-28-9-7-25/h3-4,10-12,14,16H,2,5-9,13H2,1H3,(H,22,23,24)/t14-,16+/m0/s1. The van der Waals surface area contributed by atoms with Gasteiger partial charge in [0.25, 0.3) is 5.91 Å². The number of nitrogens with zero attached hydrogens (tertiary/aromatic N) is 6. The summed E-state index contributed by atoms with van der Waals surface area (Å²) in [5, 5.41) is 3.18. The SMILES string of the molecule is C[C@H](Nc1ncc(C(=O)N2CC[C@@H](N3CCOCC3)C2)cn1)c1cnccn1. The monoisotopic (exact) mass is 383 g/mol. The van der Waals surface area contributed by atoms with E-state index in [9.17, 15) is 4.79 Å². The predicted octanol–water partition coefficient (Wildman–Crippen LogP) is 0.986. The van der Waals surface area contributed by atoms with E-state index in [0.29, 0.717) is 17.6 Å². The van der Waals surface area contributed by atoms with E-state index in [1.54, 1.807) is 31.0 Å². The van der Waals surface area contributed by atoms with Crippen LogP contribution in [0.25, 0.3) is 0 Å². The molecule has 0 bridgehead atoms.